The highest BCUT2D eigenvalue weighted by atomic mass is 16.5. The summed E-state index contributed by atoms with van der Waals surface area (Å²) in [4.78, 5) is 4.17. The third kappa shape index (κ3) is 0.793. The van der Waals surface area contributed by atoms with Crippen molar-refractivity contribution in [3.8, 4) is 5.88 Å². The molecule has 0 aromatic carbocycles. The normalized spacial score (nSPS) is 22.3. The van der Waals surface area contributed by atoms with Crippen LogP contribution >= 0.6 is 0 Å². The number of nitrogens with one attached hydrogen (secondary N) is 1. The van der Waals surface area contributed by atoms with Crippen molar-refractivity contribution in [2.45, 2.75) is 18.4 Å². The van der Waals surface area contributed by atoms with Crippen molar-refractivity contribution in [3.05, 3.63) is 18.3 Å². The number of fused-ring (bicyclic) bond motifs is 1. The zero-order valence-electron chi connectivity index (χ0n) is 6.71. The van der Waals surface area contributed by atoms with Gasteiger partial charge in [0.2, 0.25) is 5.88 Å². The number of pyridine rings is 1. The lowest BCUT2D eigenvalue weighted by atomic mass is 10.2. The van der Waals surface area contributed by atoms with Gasteiger partial charge in [0, 0.05) is 6.20 Å². The van der Waals surface area contributed by atoms with E-state index in [-0.39, 0.29) is 5.60 Å². The summed E-state index contributed by atoms with van der Waals surface area (Å²) < 4.78 is 5.76. The average molecular weight is 162 g/mol. The number of ether oxygens (including phenoxy) is 1. The van der Waals surface area contributed by atoms with E-state index in [9.17, 15) is 0 Å². The molecule has 0 saturated heterocycles. The average Bonchev–Trinajstić information content (AvgIpc) is 2.85. The van der Waals surface area contributed by atoms with Crippen LogP contribution in [0.15, 0.2) is 18.3 Å². The van der Waals surface area contributed by atoms with Crippen LogP contribution in [0, 0.1) is 0 Å². The predicted molar refractivity (Wildman–Crippen MR) is 45.3 cm³/mol. The molecule has 3 heteroatoms. The van der Waals surface area contributed by atoms with Crippen LogP contribution in [0.1, 0.15) is 12.8 Å². The molecule has 0 radical (unpaired) electrons. The minimum atomic E-state index is 0.0986. The molecular weight excluding hydrogens is 152 g/mol. The Morgan fingerprint density at radius 2 is 2.42 bits per heavy atom. The number of anilines is 1. The maximum Gasteiger partial charge on any atom is 0.237 e. The van der Waals surface area contributed by atoms with Crippen LogP contribution in [0.5, 0.6) is 5.88 Å². The summed E-state index contributed by atoms with van der Waals surface area (Å²) >= 11 is 0. The van der Waals surface area contributed by atoms with Crippen LogP contribution in [-0.2, 0) is 0 Å². The first kappa shape index (κ1) is 6.29. The van der Waals surface area contributed by atoms with E-state index in [0.29, 0.717) is 0 Å². The molecule has 62 valence electrons. The second kappa shape index (κ2) is 1.91. The molecule has 1 fully saturated rings. The van der Waals surface area contributed by atoms with Crippen LogP contribution in [0.4, 0.5) is 5.69 Å². The highest BCUT2D eigenvalue weighted by Crippen LogP contribution is 2.44. The molecule has 12 heavy (non-hydrogen) atoms. The lowest BCUT2D eigenvalue weighted by Crippen LogP contribution is -2.32. The van der Waals surface area contributed by atoms with E-state index >= 15 is 0 Å². The van der Waals surface area contributed by atoms with Gasteiger partial charge in [-0.1, -0.05) is 0 Å². The van der Waals surface area contributed by atoms with E-state index in [0.717, 1.165) is 31.0 Å². The first-order valence-electron chi connectivity index (χ1n) is 4.26. The van der Waals surface area contributed by atoms with E-state index in [4.69, 9.17) is 4.74 Å². The summed E-state index contributed by atoms with van der Waals surface area (Å²) in [6, 6.07) is 3.91. The van der Waals surface area contributed by atoms with E-state index in [1.165, 1.54) is 0 Å². The maximum atomic E-state index is 5.76. The van der Waals surface area contributed by atoms with Gasteiger partial charge in [0.05, 0.1) is 12.2 Å². The molecule has 3 nitrogen and oxygen atoms in total. The summed E-state index contributed by atoms with van der Waals surface area (Å²) in [6.07, 6.45) is 4.09. The van der Waals surface area contributed by atoms with E-state index < -0.39 is 0 Å². The van der Waals surface area contributed by atoms with Crippen LogP contribution < -0.4 is 10.1 Å². The maximum absolute atomic E-state index is 5.76. The Morgan fingerprint density at radius 1 is 1.50 bits per heavy atom. The molecule has 1 saturated carbocycles. The molecule has 0 atom stereocenters. The second-order valence-electron chi connectivity index (χ2n) is 3.49. The molecule has 1 aliphatic heterocycles. The van der Waals surface area contributed by atoms with Gasteiger partial charge in [-0.15, -0.1) is 0 Å². The van der Waals surface area contributed by atoms with Crippen molar-refractivity contribution in [2.24, 2.45) is 0 Å². The third-order valence-corrected chi connectivity index (χ3v) is 2.49. The Labute approximate surface area is 70.8 Å². The van der Waals surface area contributed by atoms with Crippen molar-refractivity contribution >= 4 is 5.69 Å². The summed E-state index contributed by atoms with van der Waals surface area (Å²) in [5.41, 5.74) is 1.12. The number of hydrogen-bond acceptors (Lipinski definition) is 3. The summed E-state index contributed by atoms with van der Waals surface area (Å²) in [6.45, 7) is 0.936. The lowest BCUT2D eigenvalue weighted by Gasteiger charge is -2.25. The number of aromatic nitrogens is 1. The first-order chi connectivity index (χ1) is 5.88. The van der Waals surface area contributed by atoms with Crippen molar-refractivity contribution in [3.63, 3.8) is 0 Å². The van der Waals surface area contributed by atoms with E-state index in [1.807, 2.05) is 12.1 Å². The van der Waals surface area contributed by atoms with Crippen LogP contribution in [-0.4, -0.2) is 17.1 Å². The topological polar surface area (TPSA) is 34.2 Å². The first-order valence-corrected chi connectivity index (χ1v) is 4.26. The summed E-state index contributed by atoms with van der Waals surface area (Å²) in [5.74, 6) is 0.765. The molecular formula is C9H10N2O. The van der Waals surface area contributed by atoms with Gasteiger partial charge < -0.3 is 10.1 Å². The fraction of sp³-hybridized carbons (Fsp3) is 0.444. The fourth-order valence-electron chi connectivity index (χ4n) is 1.52. The van der Waals surface area contributed by atoms with Gasteiger partial charge in [-0.25, -0.2) is 4.98 Å². The Bertz CT molecular complexity index is 320. The smallest absolute Gasteiger partial charge is 0.237 e. The largest absolute Gasteiger partial charge is 0.468 e. The van der Waals surface area contributed by atoms with Crippen LogP contribution in [0.2, 0.25) is 0 Å². The molecule has 1 spiro atoms. The molecule has 2 aliphatic rings. The molecule has 0 unspecified atom stereocenters. The van der Waals surface area contributed by atoms with Crippen molar-refractivity contribution in [2.75, 3.05) is 11.9 Å². The zero-order chi connectivity index (χ0) is 8.02. The highest BCUT2D eigenvalue weighted by molar-refractivity contribution is 5.55. The molecule has 3 rings (SSSR count). The Morgan fingerprint density at radius 3 is 3.25 bits per heavy atom. The molecule has 0 bridgehead atoms. The minimum absolute atomic E-state index is 0.0986. The molecule has 1 N–H and O–H groups in total. The Balaban J connectivity index is 2.01. The van der Waals surface area contributed by atoms with Gasteiger partial charge in [0.25, 0.3) is 0 Å². The standard InChI is InChI=1S/C9H10N2O/c1-2-7-8(10-5-1)12-9(3-4-9)6-11-7/h1-2,5,11H,3-4,6H2. The summed E-state index contributed by atoms with van der Waals surface area (Å²) in [5, 5.41) is 3.33. The molecule has 1 aromatic rings. The van der Waals surface area contributed by atoms with Crippen molar-refractivity contribution in [1.29, 1.82) is 0 Å². The molecule has 2 heterocycles. The van der Waals surface area contributed by atoms with Crippen molar-refractivity contribution in [1.82, 2.24) is 4.98 Å². The van der Waals surface area contributed by atoms with Crippen LogP contribution in [0.3, 0.4) is 0 Å². The highest BCUT2D eigenvalue weighted by Gasteiger charge is 2.48. The molecule has 1 aliphatic carbocycles. The second-order valence-corrected chi connectivity index (χ2v) is 3.49. The fourth-order valence-corrected chi connectivity index (χ4v) is 1.52. The quantitative estimate of drug-likeness (QED) is 0.626. The molecule has 1 aromatic heterocycles. The van der Waals surface area contributed by atoms with E-state index in [2.05, 4.69) is 10.3 Å². The minimum Gasteiger partial charge on any atom is -0.468 e. The van der Waals surface area contributed by atoms with E-state index in [1.54, 1.807) is 6.20 Å². The Kier molecular flexibility index (Phi) is 1.00. The summed E-state index contributed by atoms with van der Waals surface area (Å²) in [7, 11) is 0. The van der Waals surface area contributed by atoms with Crippen LogP contribution in [0.25, 0.3) is 0 Å². The van der Waals surface area contributed by atoms with Gasteiger partial charge in [-0.2, -0.15) is 0 Å². The van der Waals surface area contributed by atoms with Gasteiger partial charge >= 0.3 is 0 Å². The molecule has 0 amide bonds. The van der Waals surface area contributed by atoms with Crippen molar-refractivity contribution < 1.29 is 4.74 Å². The predicted octanol–water partition coefficient (Wildman–Crippen LogP) is 1.42. The number of nitrogens with zero attached hydrogens (tertiary/aromatic N) is 1. The Hall–Kier alpha value is -1.25. The SMILES string of the molecule is c1cnc2c(c1)NCC1(CC1)O2. The van der Waals surface area contributed by atoms with Gasteiger partial charge in [0.15, 0.2) is 0 Å². The number of rotatable bonds is 0. The lowest BCUT2D eigenvalue weighted by molar-refractivity contribution is 0.176. The third-order valence-electron chi connectivity index (χ3n) is 2.49. The monoisotopic (exact) mass is 162 g/mol. The zero-order valence-corrected chi connectivity index (χ0v) is 6.71. The van der Waals surface area contributed by atoms with Gasteiger partial charge in [-0.05, 0) is 25.0 Å². The van der Waals surface area contributed by atoms with Gasteiger partial charge in [-0.3, -0.25) is 0 Å². The number of hydrogen-bond donors (Lipinski definition) is 1. The van der Waals surface area contributed by atoms with Gasteiger partial charge in [0.1, 0.15) is 5.60 Å².